The van der Waals surface area contributed by atoms with Crippen molar-refractivity contribution in [3.63, 3.8) is 0 Å². The number of pyridine rings is 1. The van der Waals surface area contributed by atoms with Gasteiger partial charge in [0, 0.05) is 31.9 Å². The van der Waals surface area contributed by atoms with E-state index in [9.17, 15) is 9.59 Å². The van der Waals surface area contributed by atoms with Gasteiger partial charge in [0.25, 0.3) is 5.91 Å². The number of hydrogen-bond acceptors (Lipinski definition) is 4. The van der Waals surface area contributed by atoms with E-state index in [1.54, 1.807) is 12.1 Å². The van der Waals surface area contributed by atoms with Gasteiger partial charge < -0.3 is 15.5 Å². The monoisotopic (exact) mass is 364 g/mol. The van der Waals surface area contributed by atoms with Crippen molar-refractivity contribution in [2.45, 2.75) is 30.7 Å². The highest BCUT2D eigenvalue weighted by Crippen LogP contribution is 2.44. The molecule has 1 spiro atoms. The number of nitrogen functional groups attached to an aromatic ring is 1. The van der Waals surface area contributed by atoms with E-state index in [-0.39, 0.29) is 23.3 Å². The lowest BCUT2D eigenvalue weighted by molar-refractivity contribution is -0.131. The summed E-state index contributed by atoms with van der Waals surface area (Å²) in [5, 5.41) is 0. The SMILES string of the molecule is CN1C(=O)[C@@H](c2ccccc2)CC12CCN(C(=O)c1ccc(N)nc1)CC2. The molecule has 2 saturated heterocycles. The first kappa shape index (κ1) is 17.5. The van der Waals surface area contributed by atoms with E-state index in [0.717, 1.165) is 24.8 Å². The number of anilines is 1. The maximum absolute atomic E-state index is 12.9. The number of likely N-dealkylation sites (tertiary alicyclic amines) is 2. The van der Waals surface area contributed by atoms with Crippen LogP contribution in [0.15, 0.2) is 48.7 Å². The van der Waals surface area contributed by atoms with Crippen LogP contribution in [0.2, 0.25) is 0 Å². The quantitative estimate of drug-likeness (QED) is 0.887. The normalized spacial score (nSPS) is 21.7. The number of likely N-dealkylation sites (N-methyl/N-ethyl adjacent to an activating group) is 1. The average molecular weight is 364 g/mol. The van der Waals surface area contributed by atoms with E-state index < -0.39 is 0 Å². The summed E-state index contributed by atoms with van der Waals surface area (Å²) in [6.07, 6.45) is 3.94. The summed E-state index contributed by atoms with van der Waals surface area (Å²) in [6.45, 7) is 1.28. The number of carbonyl (C=O) groups excluding carboxylic acids is 2. The molecular weight excluding hydrogens is 340 g/mol. The molecule has 2 aliphatic rings. The number of rotatable bonds is 2. The zero-order valence-electron chi connectivity index (χ0n) is 15.5. The second kappa shape index (κ2) is 6.68. The Morgan fingerprint density at radius 2 is 1.85 bits per heavy atom. The number of amides is 2. The summed E-state index contributed by atoms with van der Waals surface area (Å²) >= 11 is 0. The summed E-state index contributed by atoms with van der Waals surface area (Å²) in [7, 11) is 1.91. The predicted octanol–water partition coefficient (Wildman–Crippen LogP) is 2.28. The van der Waals surface area contributed by atoms with Gasteiger partial charge in [-0.1, -0.05) is 30.3 Å². The van der Waals surface area contributed by atoms with Crippen LogP contribution in [0.25, 0.3) is 0 Å². The fourth-order valence-corrected chi connectivity index (χ4v) is 4.40. The Hall–Kier alpha value is -2.89. The third-order valence-electron chi connectivity index (χ3n) is 6.14. The molecule has 0 bridgehead atoms. The van der Waals surface area contributed by atoms with Crippen molar-refractivity contribution in [1.82, 2.24) is 14.8 Å². The van der Waals surface area contributed by atoms with Gasteiger partial charge >= 0.3 is 0 Å². The molecule has 2 amide bonds. The molecule has 1 atom stereocenters. The summed E-state index contributed by atoms with van der Waals surface area (Å²) in [4.78, 5) is 33.4. The fourth-order valence-electron chi connectivity index (χ4n) is 4.40. The summed E-state index contributed by atoms with van der Waals surface area (Å²) in [5.74, 6) is 0.481. The van der Waals surface area contributed by atoms with Crippen molar-refractivity contribution >= 4 is 17.6 Å². The van der Waals surface area contributed by atoms with Crippen LogP contribution in [-0.2, 0) is 4.79 Å². The van der Waals surface area contributed by atoms with Gasteiger partial charge in [-0.05, 0) is 37.0 Å². The highest BCUT2D eigenvalue weighted by molar-refractivity contribution is 5.94. The van der Waals surface area contributed by atoms with Gasteiger partial charge in [0.05, 0.1) is 11.5 Å². The van der Waals surface area contributed by atoms with E-state index in [1.165, 1.54) is 6.20 Å². The Morgan fingerprint density at radius 1 is 1.15 bits per heavy atom. The first-order valence-corrected chi connectivity index (χ1v) is 9.34. The third-order valence-corrected chi connectivity index (χ3v) is 6.14. The second-order valence-electron chi connectivity index (χ2n) is 7.55. The Balaban J connectivity index is 1.47. The second-order valence-corrected chi connectivity index (χ2v) is 7.55. The van der Waals surface area contributed by atoms with Crippen molar-refractivity contribution in [3.05, 3.63) is 59.8 Å². The molecule has 2 fully saturated rings. The molecule has 1 aromatic carbocycles. The van der Waals surface area contributed by atoms with Gasteiger partial charge in [0.2, 0.25) is 5.91 Å². The van der Waals surface area contributed by atoms with Crippen LogP contribution in [0.5, 0.6) is 0 Å². The molecule has 2 aliphatic heterocycles. The molecular formula is C21H24N4O2. The van der Waals surface area contributed by atoms with Crippen molar-refractivity contribution in [3.8, 4) is 0 Å². The van der Waals surface area contributed by atoms with Gasteiger partial charge in [-0.25, -0.2) is 4.98 Å². The minimum Gasteiger partial charge on any atom is -0.384 e. The molecule has 27 heavy (non-hydrogen) atoms. The minimum absolute atomic E-state index is 0.0241. The average Bonchev–Trinajstić information content (AvgIpc) is 2.95. The predicted molar refractivity (Wildman–Crippen MR) is 103 cm³/mol. The smallest absolute Gasteiger partial charge is 0.255 e. The molecule has 2 aromatic rings. The van der Waals surface area contributed by atoms with Crippen LogP contribution in [0.1, 0.15) is 41.1 Å². The first-order chi connectivity index (χ1) is 13.0. The lowest BCUT2D eigenvalue weighted by atomic mass is 9.81. The van der Waals surface area contributed by atoms with Gasteiger partial charge in [0.15, 0.2) is 0 Å². The largest absolute Gasteiger partial charge is 0.384 e. The Morgan fingerprint density at radius 3 is 2.48 bits per heavy atom. The number of carbonyl (C=O) groups is 2. The molecule has 140 valence electrons. The van der Waals surface area contributed by atoms with Crippen molar-refractivity contribution in [2.24, 2.45) is 0 Å². The molecule has 2 N–H and O–H groups in total. The zero-order valence-corrected chi connectivity index (χ0v) is 15.5. The number of nitrogens with zero attached hydrogens (tertiary/aromatic N) is 3. The molecule has 1 aromatic heterocycles. The van der Waals surface area contributed by atoms with Crippen LogP contribution >= 0.6 is 0 Å². The minimum atomic E-state index is -0.159. The van der Waals surface area contributed by atoms with Gasteiger partial charge in [-0.3, -0.25) is 9.59 Å². The lowest BCUT2D eigenvalue weighted by Gasteiger charge is -2.43. The van der Waals surface area contributed by atoms with Gasteiger partial charge in [-0.2, -0.15) is 0 Å². The van der Waals surface area contributed by atoms with Crippen molar-refractivity contribution in [1.29, 1.82) is 0 Å². The van der Waals surface area contributed by atoms with E-state index in [1.807, 2.05) is 47.2 Å². The van der Waals surface area contributed by atoms with E-state index in [4.69, 9.17) is 5.73 Å². The zero-order chi connectivity index (χ0) is 19.0. The van der Waals surface area contributed by atoms with Crippen LogP contribution in [-0.4, -0.2) is 52.3 Å². The van der Waals surface area contributed by atoms with Crippen molar-refractivity contribution in [2.75, 3.05) is 25.9 Å². The molecule has 0 saturated carbocycles. The highest BCUT2D eigenvalue weighted by atomic mass is 16.2. The topological polar surface area (TPSA) is 79.5 Å². The summed E-state index contributed by atoms with van der Waals surface area (Å²) < 4.78 is 0. The van der Waals surface area contributed by atoms with E-state index in [0.29, 0.717) is 24.5 Å². The fraction of sp³-hybridized carbons (Fsp3) is 0.381. The molecule has 6 heteroatoms. The van der Waals surface area contributed by atoms with Gasteiger partial charge in [0.1, 0.15) is 5.82 Å². The Kier molecular flexibility index (Phi) is 4.34. The number of nitrogens with two attached hydrogens (primary N) is 1. The van der Waals surface area contributed by atoms with E-state index in [2.05, 4.69) is 4.98 Å². The molecule has 4 rings (SSSR count). The van der Waals surface area contributed by atoms with Crippen LogP contribution in [0.4, 0.5) is 5.82 Å². The highest BCUT2D eigenvalue weighted by Gasteiger charge is 2.50. The number of benzene rings is 1. The molecule has 0 unspecified atom stereocenters. The molecule has 0 radical (unpaired) electrons. The lowest BCUT2D eigenvalue weighted by Crippen LogP contribution is -2.52. The molecule has 0 aliphatic carbocycles. The summed E-state index contributed by atoms with van der Waals surface area (Å²) in [6, 6.07) is 13.4. The summed E-state index contributed by atoms with van der Waals surface area (Å²) in [5.41, 5.74) is 7.08. The van der Waals surface area contributed by atoms with Crippen LogP contribution in [0, 0.1) is 0 Å². The number of piperidine rings is 1. The third kappa shape index (κ3) is 3.05. The van der Waals surface area contributed by atoms with E-state index >= 15 is 0 Å². The standard InChI is InChI=1S/C21H24N4O2/c1-24-20(27)17(15-5-3-2-4-6-15)13-21(24)9-11-25(12-10-21)19(26)16-7-8-18(22)23-14-16/h2-8,14,17H,9-13H2,1H3,(H2,22,23)/t17-/m1/s1. The van der Waals surface area contributed by atoms with Crippen molar-refractivity contribution < 1.29 is 9.59 Å². The Bertz CT molecular complexity index is 842. The maximum atomic E-state index is 12.9. The molecule has 6 nitrogen and oxygen atoms in total. The maximum Gasteiger partial charge on any atom is 0.255 e. The Labute approximate surface area is 159 Å². The number of hydrogen-bond donors (Lipinski definition) is 1. The van der Waals surface area contributed by atoms with Gasteiger partial charge in [-0.15, -0.1) is 0 Å². The molecule has 3 heterocycles. The van der Waals surface area contributed by atoms with Crippen LogP contribution < -0.4 is 5.73 Å². The van der Waals surface area contributed by atoms with Crippen LogP contribution in [0.3, 0.4) is 0 Å². The first-order valence-electron chi connectivity index (χ1n) is 9.34. The number of aromatic nitrogens is 1.